The first-order chi connectivity index (χ1) is 6.33. The van der Waals surface area contributed by atoms with Gasteiger partial charge in [-0.25, -0.2) is 0 Å². The summed E-state index contributed by atoms with van der Waals surface area (Å²) >= 11 is 1.67. The van der Waals surface area contributed by atoms with E-state index in [9.17, 15) is 5.11 Å². The molecule has 0 bridgehead atoms. The number of benzene rings is 2. The Hall–Kier alpha value is -1.15. The molecule has 0 aliphatic rings. The van der Waals surface area contributed by atoms with Crippen LogP contribution in [0, 0.1) is 0 Å². The monoisotopic (exact) mass is 189 g/mol. The minimum absolute atomic E-state index is 0.105. The number of rotatable bonds is 1. The van der Waals surface area contributed by atoms with Gasteiger partial charge in [0.2, 0.25) is 0 Å². The SMILES string of the molecule is CSc1ccc([O])c2ccccc12. The molecule has 0 saturated carbocycles. The van der Waals surface area contributed by atoms with Crippen LogP contribution in [0.1, 0.15) is 0 Å². The lowest BCUT2D eigenvalue weighted by molar-refractivity contribution is 0.360. The third-order valence-electron chi connectivity index (χ3n) is 2.06. The Balaban J connectivity index is 2.84. The van der Waals surface area contributed by atoms with Crippen molar-refractivity contribution >= 4 is 22.5 Å². The van der Waals surface area contributed by atoms with E-state index < -0.39 is 0 Å². The van der Waals surface area contributed by atoms with Crippen molar-refractivity contribution in [3.8, 4) is 5.75 Å². The van der Waals surface area contributed by atoms with Crippen LogP contribution in [0.2, 0.25) is 0 Å². The molecule has 0 aliphatic carbocycles. The first-order valence-electron chi connectivity index (χ1n) is 4.05. The lowest BCUT2D eigenvalue weighted by Gasteiger charge is -2.03. The van der Waals surface area contributed by atoms with E-state index in [4.69, 9.17) is 0 Å². The van der Waals surface area contributed by atoms with Gasteiger partial charge in [0.25, 0.3) is 0 Å². The van der Waals surface area contributed by atoms with Gasteiger partial charge in [0.15, 0.2) is 5.75 Å². The highest BCUT2D eigenvalue weighted by Gasteiger charge is 2.03. The van der Waals surface area contributed by atoms with Crippen molar-refractivity contribution in [3.63, 3.8) is 0 Å². The van der Waals surface area contributed by atoms with Crippen molar-refractivity contribution in [1.82, 2.24) is 0 Å². The highest BCUT2D eigenvalue weighted by molar-refractivity contribution is 7.98. The maximum atomic E-state index is 11.4. The van der Waals surface area contributed by atoms with Gasteiger partial charge in [-0.05, 0) is 23.8 Å². The lowest BCUT2D eigenvalue weighted by atomic mass is 10.1. The summed E-state index contributed by atoms with van der Waals surface area (Å²) in [5.74, 6) is 0.105. The Kier molecular flexibility index (Phi) is 2.15. The summed E-state index contributed by atoms with van der Waals surface area (Å²) in [5, 5.41) is 13.3. The first-order valence-corrected chi connectivity index (χ1v) is 5.28. The molecule has 2 aromatic carbocycles. The minimum Gasteiger partial charge on any atom is -0.289 e. The fraction of sp³-hybridized carbons (Fsp3) is 0.0909. The van der Waals surface area contributed by atoms with Gasteiger partial charge in [0, 0.05) is 10.3 Å². The van der Waals surface area contributed by atoms with Gasteiger partial charge in [0.05, 0.1) is 0 Å². The fourth-order valence-electron chi connectivity index (χ4n) is 1.42. The molecule has 0 spiro atoms. The lowest BCUT2D eigenvalue weighted by Crippen LogP contribution is -1.76. The molecule has 0 aromatic heterocycles. The molecule has 0 saturated heterocycles. The molecule has 2 rings (SSSR count). The van der Waals surface area contributed by atoms with E-state index >= 15 is 0 Å². The van der Waals surface area contributed by atoms with E-state index in [0.29, 0.717) is 0 Å². The molecule has 1 nitrogen and oxygen atoms in total. The second kappa shape index (κ2) is 3.30. The molecule has 0 heterocycles. The zero-order chi connectivity index (χ0) is 9.26. The van der Waals surface area contributed by atoms with E-state index in [0.717, 1.165) is 15.7 Å². The van der Waals surface area contributed by atoms with E-state index in [1.54, 1.807) is 17.8 Å². The number of fused-ring (bicyclic) bond motifs is 1. The van der Waals surface area contributed by atoms with Crippen LogP contribution in [0.4, 0.5) is 0 Å². The van der Waals surface area contributed by atoms with Crippen LogP contribution in [0.15, 0.2) is 41.3 Å². The molecular weight excluding hydrogens is 180 g/mol. The second-order valence-corrected chi connectivity index (χ2v) is 3.66. The minimum atomic E-state index is 0.105. The van der Waals surface area contributed by atoms with Crippen LogP contribution >= 0.6 is 11.8 Å². The molecule has 13 heavy (non-hydrogen) atoms. The zero-order valence-corrected chi connectivity index (χ0v) is 8.10. The highest BCUT2D eigenvalue weighted by Crippen LogP contribution is 2.32. The molecule has 0 fully saturated rings. The predicted octanol–water partition coefficient (Wildman–Crippen LogP) is 3.71. The van der Waals surface area contributed by atoms with E-state index in [1.165, 1.54) is 0 Å². The van der Waals surface area contributed by atoms with Crippen molar-refractivity contribution < 1.29 is 5.11 Å². The topological polar surface area (TPSA) is 19.9 Å². The van der Waals surface area contributed by atoms with Crippen LogP contribution < -0.4 is 0 Å². The smallest absolute Gasteiger partial charge is 0.186 e. The molecule has 0 unspecified atom stereocenters. The normalized spacial score (nSPS) is 10.5. The van der Waals surface area contributed by atoms with Gasteiger partial charge < -0.3 is 0 Å². The summed E-state index contributed by atoms with van der Waals surface area (Å²) in [6, 6.07) is 11.2. The molecule has 2 heteroatoms. The largest absolute Gasteiger partial charge is 0.289 e. The maximum absolute atomic E-state index is 11.4. The highest BCUT2D eigenvalue weighted by atomic mass is 32.2. The van der Waals surface area contributed by atoms with Gasteiger partial charge in [-0.2, -0.15) is 0 Å². The summed E-state index contributed by atoms with van der Waals surface area (Å²) in [6.45, 7) is 0. The van der Waals surface area contributed by atoms with Crippen LogP contribution in [0.3, 0.4) is 0 Å². The number of hydrogen-bond donors (Lipinski definition) is 0. The zero-order valence-electron chi connectivity index (χ0n) is 7.28. The van der Waals surface area contributed by atoms with Gasteiger partial charge in [0.1, 0.15) is 0 Å². The Morgan fingerprint density at radius 1 is 1.00 bits per heavy atom. The fourth-order valence-corrected chi connectivity index (χ4v) is 2.02. The summed E-state index contributed by atoms with van der Waals surface area (Å²) in [4.78, 5) is 1.16. The summed E-state index contributed by atoms with van der Waals surface area (Å²) < 4.78 is 0. The van der Waals surface area contributed by atoms with Crippen molar-refractivity contribution in [1.29, 1.82) is 0 Å². The van der Waals surface area contributed by atoms with Crippen molar-refractivity contribution in [2.75, 3.05) is 6.26 Å². The van der Waals surface area contributed by atoms with Crippen molar-refractivity contribution in [3.05, 3.63) is 36.4 Å². The molecule has 0 aliphatic heterocycles. The summed E-state index contributed by atoms with van der Waals surface area (Å²) in [7, 11) is 0. The Morgan fingerprint density at radius 3 is 2.38 bits per heavy atom. The Labute approximate surface area is 81.4 Å². The van der Waals surface area contributed by atoms with Crippen LogP contribution in [-0.2, 0) is 5.11 Å². The number of thioether (sulfide) groups is 1. The first kappa shape index (κ1) is 8.45. The molecule has 0 atom stereocenters. The molecule has 65 valence electrons. The molecule has 0 amide bonds. The third kappa shape index (κ3) is 1.38. The van der Waals surface area contributed by atoms with E-state index in [1.807, 2.05) is 36.6 Å². The average molecular weight is 189 g/mol. The quantitative estimate of drug-likeness (QED) is 0.626. The van der Waals surface area contributed by atoms with Crippen molar-refractivity contribution in [2.24, 2.45) is 0 Å². The average Bonchev–Trinajstić information content (AvgIpc) is 2.19. The van der Waals surface area contributed by atoms with Crippen molar-refractivity contribution in [2.45, 2.75) is 4.90 Å². The Morgan fingerprint density at radius 2 is 1.69 bits per heavy atom. The van der Waals surface area contributed by atoms with Gasteiger partial charge >= 0.3 is 0 Å². The van der Waals surface area contributed by atoms with E-state index in [2.05, 4.69) is 0 Å². The number of hydrogen-bond acceptors (Lipinski definition) is 1. The Bertz CT molecular complexity index is 437. The molecule has 2 aromatic rings. The van der Waals surface area contributed by atoms with Gasteiger partial charge in [-0.3, -0.25) is 5.11 Å². The summed E-state index contributed by atoms with van der Waals surface area (Å²) in [6.07, 6.45) is 2.02. The van der Waals surface area contributed by atoms with E-state index in [-0.39, 0.29) is 5.75 Å². The standard InChI is InChI=1S/C11H9OS/c1-13-11-7-6-10(12)8-4-2-3-5-9(8)11/h2-7H,1H3. The van der Waals surface area contributed by atoms with Crippen LogP contribution in [0.5, 0.6) is 5.75 Å². The molecule has 1 radical (unpaired) electrons. The van der Waals surface area contributed by atoms with Crippen LogP contribution in [-0.4, -0.2) is 6.26 Å². The maximum Gasteiger partial charge on any atom is 0.186 e. The molecule has 0 N–H and O–H groups in total. The van der Waals surface area contributed by atoms with Gasteiger partial charge in [-0.1, -0.05) is 24.3 Å². The van der Waals surface area contributed by atoms with Gasteiger partial charge in [-0.15, -0.1) is 11.8 Å². The predicted molar refractivity (Wildman–Crippen MR) is 55.9 cm³/mol. The molecular formula is C11H9OS. The third-order valence-corrected chi connectivity index (χ3v) is 2.86. The summed E-state index contributed by atoms with van der Waals surface area (Å²) in [5.41, 5.74) is 0. The van der Waals surface area contributed by atoms with Crippen LogP contribution in [0.25, 0.3) is 10.8 Å². The second-order valence-electron chi connectivity index (χ2n) is 2.81.